The fraction of sp³-hybridized carbons (Fsp3) is 0.800. The van der Waals surface area contributed by atoms with Gasteiger partial charge in [0.25, 0.3) is 0 Å². The van der Waals surface area contributed by atoms with Crippen LogP contribution in [-0.2, 0) is 11.0 Å². The van der Waals surface area contributed by atoms with E-state index in [0.717, 1.165) is 6.11 Å². The molecule has 2 radical (unpaired) electrons. The first-order valence-corrected chi connectivity index (χ1v) is 3.75. The minimum absolute atomic E-state index is 0.296. The maximum atomic E-state index is 10.9. The zero-order chi connectivity index (χ0) is 7.49. The molecule has 0 N–H and O–H groups in total. The third-order valence-electron chi connectivity index (χ3n) is 0.680. The minimum Gasteiger partial charge on any atom is -0.235 e. The predicted octanol–water partition coefficient (Wildman–Crippen LogP) is 0.645. The second kappa shape index (κ2) is 3.15. The summed E-state index contributed by atoms with van der Waals surface area (Å²) in [5.41, 5.74) is 0. The van der Waals surface area contributed by atoms with Crippen LogP contribution in [0, 0.1) is 0 Å². The molecule has 0 saturated carbocycles. The van der Waals surface area contributed by atoms with E-state index in [-0.39, 0.29) is 4.75 Å². The summed E-state index contributed by atoms with van der Waals surface area (Å²) in [4.78, 5) is 0. The Morgan fingerprint density at radius 1 is 1.56 bits per heavy atom. The van der Waals surface area contributed by atoms with Gasteiger partial charge in [-0.2, -0.15) is 0 Å². The molecule has 0 rings (SSSR count). The second-order valence-corrected chi connectivity index (χ2v) is 4.55. The second-order valence-electron chi connectivity index (χ2n) is 2.62. The van der Waals surface area contributed by atoms with Gasteiger partial charge in [0.1, 0.15) is 18.8 Å². The third-order valence-corrected chi connectivity index (χ3v) is 2.04. The van der Waals surface area contributed by atoms with Crippen LogP contribution in [0.5, 0.6) is 0 Å². The van der Waals surface area contributed by atoms with Crippen molar-refractivity contribution < 1.29 is 4.21 Å². The van der Waals surface area contributed by atoms with Crippen LogP contribution in [-0.4, -0.2) is 22.9 Å². The Morgan fingerprint density at radius 2 is 2.00 bits per heavy atom. The highest BCUT2D eigenvalue weighted by Crippen LogP contribution is 2.10. The summed E-state index contributed by atoms with van der Waals surface area (Å²) >= 11 is 0. The molecule has 0 spiro atoms. The highest BCUT2D eigenvalue weighted by molar-refractivity contribution is 7.85. The molecular formula is C5H10BNOS. The Hall–Kier alpha value is -0.115. The zero-order valence-electron chi connectivity index (χ0n) is 5.92. The normalized spacial score (nSPS) is 16.3. The fourth-order valence-corrected chi connectivity index (χ4v) is 0.640. The Morgan fingerprint density at radius 3 is 2.11 bits per heavy atom. The van der Waals surface area contributed by atoms with Crippen LogP contribution < -0.4 is 0 Å². The lowest BCUT2D eigenvalue weighted by molar-refractivity contribution is 0.651. The first-order valence-electron chi connectivity index (χ1n) is 2.64. The molecule has 2 nitrogen and oxygen atoms in total. The molecule has 0 aromatic carbocycles. The van der Waals surface area contributed by atoms with Gasteiger partial charge in [-0.15, -0.1) is 0 Å². The van der Waals surface area contributed by atoms with Gasteiger partial charge >= 0.3 is 0 Å². The van der Waals surface area contributed by atoms with E-state index < -0.39 is 11.0 Å². The standard InChI is InChI=1S/C5H10BNOS/c1-5(2,3)9(8)7-4-6/h4H,1-3H3/b7-4+/t9-/m0/s1. The van der Waals surface area contributed by atoms with E-state index in [4.69, 9.17) is 7.85 Å². The topological polar surface area (TPSA) is 29.4 Å². The molecule has 0 fully saturated rings. The fourth-order valence-electron chi connectivity index (χ4n) is 0.213. The van der Waals surface area contributed by atoms with Crippen LogP contribution >= 0.6 is 0 Å². The molecule has 0 aliphatic carbocycles. The molecule has 0 aromatic heterocycles. The summed E-state index contributed by atoms with van der Waals surface area (Å²) in [6.45, 7) is 5.53. The van der Waals surface area contributed by atoms with Crippen molar-refractivity contribution in [1.29, 1.82) is 0 Å². The Kier molecular flexibility index (Phi) is 3.11. The van der Waals surface area contributed by atoms with E-state index >= 15 is 0 Å². The summed E-state index contributed by atoms with van der Waals surface area (Å²) in [6.07, 6.45) is 1.07. The molecule has 0 unspecified atom stereocenters. The van der Waals surface area contributed by atoms with Crippen molar-refractivity contribution in [3.63, 3.8) is 0 Å². The Bertz CT molecular complexity index is 138. The molecule has 4 heteroatoms. The first kappa shape index (κ1) is 8.88. The van der Waals surface area contributed by atoms with Gasteiger partial charge in [0.05, 0.1) is 4.75 Å². The number of hydrogen-bond acceptors (Lipinski definition) is 1. The van der Waals surface area contributed by atoms with Crippen molar-refractivity contribution in [2.75, 3.05) is 0 Å². The molecule has 0 aromatic rings. The lowest BCUT2D eigenvalue weighted by Crippen LogP contribution is -2.19. The minimum atomic E-state index is -1.19. The van der Waals surface area contributed by atoms with Crippen molar-refractivity contribution in [1.82, 2.24) is 0 Å². The lowest BCUT2D eigenvalue weighted by Gasteiger charge is -2.12. The Labute approximate surface area is 59.8 Å². The highest BCUT2D eigenvalue weighted by atomic mass is 32.2. The zero-order valence-corrected chi connectivity index (χ0v) is 6.73. The van der Waals surface area contributed by atoms with Gasteiger partial charge in [-0.25, -0.2) is 8.61 Å². The molecule has 0 bridgehead atoms. The van der Waals surface area contributed by atoms with Crippen LogP contribution in [0.4, 0.5) is 0 Å². The SMILES string of the molecule is [B]/C=N/[S@@](=O)C(C)(C)C. The molecule has 1 atom stereocenters. The summed E-state index contributed by atoms with van der Waals surface area (Å²) in [6, 6.07) is 0. The maximum Gasteiger partial charge on any atom is 0.143 e. The van der Waals surface area contributed by atoms with E-state index in [1.54, 1.807) is 0 Å². The van der Waals surface area contributed by atoms with E-state index in [1.165, 1.54) is 0 Å². The average Bonchev–Trinajstić information content (AvgIpc) is 1.64. The molecule has 0 aliphatic heterocycles. The van der Waals surface area contributed by atoms with Crippen LogP contribution in [0.15, 0.2) is 4.40 Å². The van der Waals surface area contributed by atoms with Crippen LogP contribution in [0.25, 0.3) is 0 Å². The van der Waals surface area contributed by atoms with Gasteiger partial charge in [0.15, 0.2) is 0 Å². The average molecular weight is 143 g/mol. The van der Waals surface area contributed by atoms with E-state index in [9.17, 15) is 4.21 Å². The molecule has 9 heavy (non-hydrogen) atoms. The Balaban J connectivity index is 4.06. The third kappa shape index (κ3) is 3.46. The number of rotatable bonds is 1. The number of hydrogen-bond donors (Lipinski definition) is 0. The summed E-state index contributed by atoms with van der Waals surface area (Å²) in [5, 5.41) is 0. The van der Waals surface area contributed by atoms with Gasteiger partial charge in [-0.1, -0.05) is 0 Å². The van der Waals surface area contributed by atoms with Crippen molar-refractivity contribution in [3.8, 4) is 0 Å². The van der Waals surface area contributed by atoms with Crippen LogP contribution in [0.2, 0.25) is 0 Å². The van der Waals surface area contributed by atoms with Gasteiger partial charge < -0.3 is 0 Å². The van der Waals surface area contributed by atoms with Gasteiger partial charge in [-0.3, -0.25) is 0 Å². The highest BCUT2D eigenvalue weighted by Gasteiger charge is 2.17. The lowest BCUT2D eigenvalue weighted by atomic mass is 10.2. The van der Waals surface area contributed by atoms with Crippen molar-refractivity contribution in [2.24, 2.45) is 4.40 Å². The molecule has 0 heterocycles. The molecule has 0 aliphatic rings. The summed E-state index contributed by atoms with van der Waals surface area (Å²) in [7, 11) is 3.75. The van der Waals surface area contributed by atoms with Gasteiger partial charge in [0, 0.05) is 0 Å². The molecule has 0 amide bonds. The monoisotopic (exact) mass is 143 g/mol. The van der Waals surface area contributed by atoms with Crippen molar-refractivity contribution in [2.45, 2.75) is 25.5 Å². The predicted molar refractivity (Wildman–Crippen MR) is 42.1 cm³/mol. The van der Waals surface area contributed by atoms with E-state index in [1.807, 2.05) is 20.8 Å². The van der Waals surface area contributed by atoms with Gasteiger partial charge in [-0.05, 0) is 26.9 Å². The first-order chi connectivity index (χ1) is 3.98. The molecule has 0 saturated heterocycles. The van der Waals surface area contributed by atoms with E-state index in [0.29, 0.717) is 0 Å². The quantitative estimate of drug-likeness (QED) is 0.391. The van der Waals surface area contributed by atoms with Crippen molar-refractivity contribution >= 4 is 24.9 Å². The van der Waals surface area contributed by atoms with E-state index in [2.05, 4.69) is 4.40 Å². The number of nitrogens with zero attached hydrogens (tertiary/aromatic N) is 1. The largest absolute Gasteiger partial charge is 0.235 e. The molecule has 50 valence electrons. The van der Waals surface area contributed by atoms with Crippen LogP contribution in [0.3, 0.4) is 0 Å². The molecular weight excluding hydrogens is 133 g/mol. The summed E-state index contributed by atoms with van der Waals surface area (Å²) in [5.74, 6) is 0. The van der Waals surface area contributed by atoms with Crippen LogP contribution in [0.1, 0.15) is 20.8 Å². The smallest absolute Gasteiger partial charge is 0.143 e. The maximum absolute atomic E-state index is 10.9. The van der Waals surface area contributed by atoms with Gasteiger partial charge in [0.2, 0.25) is 0 Å². The summed E-state index contributed by atoms with van der Waals surface area (Å²) < 4.78 is 14.1. The van der Waals surface area contributed by atoms with Crippen molar-refractivity contribution in [3.05, 3.63) is 0 Å².